The predicted octanol–water partition coefficient (Wildman–Crippen LogP) is 5.38. The average Bonchev–Trinajstić information content (AvgIpc) is 2.74. The van der Waals surface area contributed by atoms with Crippen molar-refractivity contribution in [3.05, 3.63) is 59.6 Å². The molecule has 1 saturated heterocycles. The first kappa shape index (κ1) is 21.0. The van der Waals surface area contributed by atoms with Crippen molar-refractivity contribution in [3.63, 3.8) is 0 Å². The van der Waals surface area contributed by atoms with E-state index >= 15 is 0 Å². The third-order valence-corrected chi connectivity index (χ3v) is 6.47. The maximum atomic E-state index is 6.05. The highest BCUT2D eigenvalue weighted by Crippen LogP contribution is 2.35. The van der Waals surface area contributed by atoms with Gasteiger partial charge >= 0.3 is 0 Å². The maximum Gasteiger partial charge on any atom is 0.168 e. The van der Waals surface area contributed by atoms with Gasteiger partial charge in [0, 0.05) is 11.1 Å². The summed E-state index contributed by atoms with van der Waals surface area (Å²) in [5, 5.41) is 5.87. The van der Waals surface area contributed by atoms with Gasteiger partial charge in [-0.3, -0.25) is 0 Å². The van der Waals surface area contributed by atoms with Crippen molar-refractivity contribution in [2.24, 2.45) is 16.6 Å². The van der Waals surface area contributed by atoms with Crippen molar-refractivity contribution in [1.82, 2.24) is 10.3 Å². The fourth-order valence-electron chi connectivity index (χ4n) is 3.20. The Morgan fingerprint density at radius 1 is 1.29 bits per heavy atom. The zero-order valence-corrected chi connectivity index (χ0v) is 17.9. The molecule has 1 aliphatic heterocycles. The molecule has 0 spiro atoms. The summed E-state index contributed by atoms with van der Waals surface area (Å²) in [6.07, 6.45) is 8.75. The number of aryl methyl sites for hydroxylation is 1. The molecule has 6 heteroatoms. The van der Waals surface area contributed by atoms with Gasteiger partial charge in [-0.25, -0.2) is 9.98 Å². The Morgan fingerprint density at radius 3 is 2.82 bits per heavy atom. The molecule has 3 N–H and O–H groups in total. The van der Waals surface area contributed by atoms with Crippen LogP contribution in [-0.4, -0.2) is 23.2 Å². The van der Waals surface area contributed by atoms with Crippen molar-refractivity contribution in [2.45, 2.75) is 42.4 Å². The Morgan fingerprint density at radius 2 is 2.07 bits per heavy atom. The number of rotatable bonds is 7. The van der Waals surface area contributed by atoms with E-state index in [0.717, 1.165) is 30.3 Å². The second-order valence-corrected chi connectivity index (χ2v) is 8.89. The van der Waals surface area contributed by atoms with Crippen LogP contribution in [0.25, 0.3) is 0 Å². The molecule has 0 aliphatic carbocycles. The molecule has 1 aromatic heterocycles. The lowest BCUT2D eigenvalue weighted by Crippen LogP contribution is -2.27. The number of benzene rings is 1. The third-order valence-electron chi connectivity index (χ3n) is 4.70. The van der Waals surface area contributed by atoms with Crippen LogP contribution in [-0.2, 0) is 6.42 Å². The van der Waals surface area contributed by atoms with Crippen LogP contribution in [0.5, 0.6) is 0 Å². The molecule has 1 aromatic carbocycles. The molecule has 28 heavy (non-hydrogen) atoms. The number of piperidine rings is 1. The van der Waals surface area contributed by atoms with Crippen LogP contribution >= 0.6 is 23.5 Å². The Labute approximate surface area is 176 Å². The molecular weight excluding hydrogens is 384 g/mol. The Bertz CT molecular complexity index is 799. The summed E-state index contributed by atoms with van der Waals surface area (Å²) in [6.45, 7) is 4.26. The lowest BCUT2D eigenvalue weighted by Gasteiger charge is -2.22. The first-order valence-corrected chi connectivity index (χ1v) is 11.5. The summed E-state index contributed by atoms with van der Waals surface area (Å²) >= 11 is 3.10. The smallest absolute Gasteiger partial charge is 0.168 e. The average molecular weight is 413 g/mol. The minimum Gasteiger partial charge on any atom is -0.378 e. The zero-order valence-electron chi connectivity index (χ0n) is 16.3. The van der Waals surface area contributed by atoms with Crippen molar-refractivity contribution in [3.8, 4) is 0 Å². The van der Waals surface area contributed by atoms with Crippen LogP contribution in [0.1, 0.15) is 31.7 Å². The number of pyridine rings is 1. The van der Waals surface area contributed by atoms with E-state index in [1.54, 1.807) is 11.8 Å². The number of nitrogens with zero attached hydrogens (tertiary/aromatic N) is 2. The van der Waals surface area contributed by atoms with E-state index in [1.165, 1.54) is 41.5 Å². The SMILES string of the molecule is C/C=C/S/C(N)=N\c1ncc(CCC2CCNCC2)cc1Sc1ccccc1. The molecule has 0 amide bonds. The molecule has 2 aromatic rings. The standard InChI is InChI=1S/C22H28N4S2/c1-2-14-27-22(23)26-21-20(28-19-6-4-3-5-7-19)15-18(16-25-21)9-8-17-10-12-24-13-11-17/h2-7,14-17,24H,8-13H2,1H3,(H2,23,25,26)/b14-2+. The molecule has 0 atom stereocenters. The molecule has 1 fully saturated rings. The molecule has 2 heterocycles. The highest BCUT2D eigenvalue weighted by atomic mass is 32.2. The fraction of sp³-hybridized carbons (Fsp3) is 0.364. The van der Waals surface area contributed by atoms with Gasteiger partial charge in [-0.2, -0.15) is 0 Å². The number of thioether (sulfide) groups is 1. The van der Waals surface area contributed by atoms with Crippen LogP contribution in [0.15, 0.2) is 68.9 Å². The molecule has 1 aliphatic rings. The van der Waals surface area contributed by atoms with E-state index in [2.05, 4.69) is 45.6 Å². The minimum atomic E-state index is 0.503. The van der Waals surface area contributed by atoms with Crippen molar-refractivity contribution < 1.29 is 0 Å². The second kappa shape index (κ2) is 11.3. The van der Waals surface area contributed by atoms with E-state index in [9.17, 15) is 0 Å². The Balaban J connectivity index is 1.78. The quantitative estimate of drug-likeness (QED) is 0.472. The van der Waals surface area contributed by atoms with E-state index in [-0.39, 0.29) is 0 Å². The number of nitrogens with two attached hydrogens (primary N) is 1. The summed E-state index contributed by atoms with van der Waals surface area (Å²) < 4.78 is 0. The van der Waals surface area contributed by atoms with Gasteiger partial charge in [-0.15, -0.1) is 0 Å². The minimum absolute atomic E-state index is 0.503. The monoisotopic (exact) mass is 412 g/mol. The van der Waals surface area contributed by atoms with Gasteiger partial charge in [0.15, 0.2) is 11.0 Å². The van der Waals surface area contributed by atoms with E-state index in [1.807, 2.05) is 30.7 Å². The lowest BCUT2D eigenvalue weighted by molar-refractivity contribution is 0.354. The fourth-order valence-corrected chi connectivity index (χ4v) is 4.56. The van der Waals surface area contributed by atoms with Gasteiger partial charge in [-0.1, -0.05) is 47.8 Å². The van der Waals surface area contributed by atoms with Crippen LogP contribution in [0.3, 0.4) is 0 Å². The van der Waals surface area contributed by atoms with E-state index < -0.39 is 0 Å². The Kier molecular flexibility index (Phi) is 8.45. The number of hydrogen-bond donors (Lipinski definition) is 2. The molecule has 4 nitrogen and oxygen atoms in total. The number of nitrogens with one attached hydrogen (secondary N) is 1. The highest BCUT2D eigenvalue weighted by molar-refractivity contribution is 8.16. The topological polar surface area (TPSA) is 63.3 Å². The summed E-state index contributed by atoms with van der Waals surface area (Å²) in [5.74, 6) is 1.51. The molecule has 0 bridgehead atoms. The van der Waals surface area contributed by atoms with Gasteiger partial charge in [0.25, 0.3) is 0 Å². The zero-order chi connectivity index (χ0) is 19.6. The maximum absolute atomic E-state index is 6.05. The van der Waals surface area contributed by atoms with Crippen LogP contribution < -0.4 is 11.1 Å². The van der Waals surface area contributed by atoms with Gasteiger partial charge in [-0.05, 0) is 80.8 Å². The molecule has 0 saturated carbocycles. The van der Waals surface area contributed by atoms with Crippen LogP contribution in [0.4, 0.5) is 5.82 Å². The van der Waals surface area contributed by atoms with E-state index in [4.69, 9.17) is 5.73 Å². The van der Waals surface area contributed by atoms with E-state index in [0.29, 0.717) is 11.0 Å². The molecular formula is C22H28N4S2. The number of aliphatic imine (C=N–C) groups is 1. The first-order chi connectivity index (χ1) is 13.7. The number of allylic oxidation sites excluding steroid dienone is 1. The Hall–Kier alpha value is -1.76. The normalized spacial score (nSPS) is 16.0. The lowest BCUT2D eigenvalue weighted by atomic mass is 9.92. The largest absolute Gasteiger partial charge is 0.378 e. The number of hydrogen-bond acceptors (Lipinski definition) is 5. The molecule has 148 valence electrons. The summed E-state index contributed by atoms with van der Waals surface area (Å²) in [4.78, 5) is 11.4. The summed E-state index contributed by atoms with van der Waals surface area (Å²) in [7, 11) is 0. The second-order valence-electron chi connectivity index (χ2n) is 6.85. The van der Waals surface area contributed by atoms with Crippen LogP contribution in [0, 0.1) is 5.92 Å². The van der Waals surface area contributed by atoms with Crippen LogP contribution in [0.2, 0.25) is 0 Å². The van der Waals surface area contributed by atoms with Crippen molar-refractivity contribution in [1.29, 1.82) is 0 Å². The van der Waals surface area contributed by atoms with Gasteiger partial charge in [0.1, 0.15) is 0 Å². The van der Waals surface area contributed by atoms with Crippen molar-refractivity contribution in [2.75, 3.05) is 13.1 Å². The summed E-state index contributed by atoms with van der Waals surface area (Å²) in [6, 6.07) is 12.6. The third kappa shape index (κ3) is 6.69. The number of aromatic nitrogens is 1. The number of amidine groups is 1. The predicted molar refractivity (Wildman–Crippen MR) is 122 cm³/mol. The molecule has 0 radical (unpaired) electrons. The molecule has 0 unspecified atom stereocenters. The summed E-state index contributed by atoms with van der Waals surface area (Å²) in [5.41, 5.74) is 7.33. The first-order valence-electron chi connectivity index (χ1n) is 9.79. The van der Waals surface area contributed by atoms with Gasteiger partial charge < -0.3 is 11.1 Å². The highest BCUT2D eigenvalue weighted by Gasteiger charge is 2.14. The molecule has 3 rings (SSSR count). The van der Waals surface area contributed by atoms with Crippen molar-refractivity contribution >= 4 is 34.5 Å². The van der Waals surface area contributed by atoms with Gasteiger partial charge in [0.2, 0.25) is 0 Å². The van der Waals surface area contributed by atoms with Gasteiger partial charge in [0.05, 0.1) is 4.90 Å².